The maximum atomic E-state index is 11.0. The summed E-state index contributed by atoms with van der Waals surface area (Å²) in [6, 6.07) is 5.22. The van der Waals surface area contributed by atoms with Crippen LogP contribution in [0.3, 0.4) is 0 Å². The van der Waals surface area contributed by atoms with Gasteiger partial charge in [-0.1, -0.05) is 6.07 Å². The average Bonchev–Trinajstić information content (AvgIpc) is 2.28. The predicted octanol–water partition coefficient (Wildman–Crippen LogP) is 1.16. The van der Waals surface area contributed by atoms with Crippen LogP contribution in [0.25, 0.3) is 0 Å². The van der Waals surface area contributed by atoms with E-state index in [0.717, 1.165) is 24.4 Å². The molecule has 0 aliphatic carbocycles. The number of nitrogens with two attached hydrogens (primary N) is 2. The molecule has 94 valence electrons. The van der Waals surface area contributed by atoms with Crippen LogP contribution in [0.1, 0.15) is 15.9 Å². The first-order chi connectivity index (χ1) is 8.04. The highest BCUT2D eigenvalue weighted by molar-refractivity contribution is 7.98. The van der Waals surface area contributed by atoms with Gasteiger partial charge in [-0.3, -0.25) is 4.79 Å². The van der Waals surface area contributed by atoms with E-state index in [0.29, 0.717) is 11.3 Å². The van der Waals surface area contributed by atoms with E-state index in [-0.39, 0.29) is 0 Å². The third kappa shape index (κ3) is 4.28. The lowest BCUT2D eigenvalue weighted by Gasteiger charge is -2.17. The van der Waals surface area contributed by atoms with Gasteiger partial charge in [-0.05, 0) is 31.0 Å². The number of primary amides is 1. The Bertz CT molecular complexity index is 395. The van der Waals surface area contributed by atoms with Gasteiger partial charge in [0.2, 0.25) is 5.91 Å². The van der Waals surface area contributed by atoms with E-state index in [4.69, 9.17) is 11.5 Å². The van der Waals surface area contributed by atoms with Gasteiger partial charge in [-0.15, -0.1) is 0 Å². The number of carbonyl (C=O) groups is 1. The van der Waals surface area contributed by atoms with E-state index in [1.807, 2.05) is 17.8 Å². The number of amides is 1. The Kier molecular flexibility index (Phi) is 5.31. The van der Waals surface area contributed by atoms with Crippen LogP contribution in [0.15, 0.2) is 18.2 Å². The van der Waals surface area contributed by atoms with Crippen molar-refractivity contribution >= 4 is 23.4 Å². The minimum absolute atomic E-state index is 0.445. The molecule has 0 atom stereocenters. The zero-order valence-corrected chi connectivity index (χ0v) is 11.1. The third-order valence-corrected chi connectivity index (χ3v) is 3.14. The molecule has 4 N–H and O–H groups in total. The molecular formula is C12H19N3OS. The Hall–Kier alpha value is -1.20. The molecule has 0 aliphatic heterocycles. The second-order valence-electron chi connectivity index (χ2n) is 4.01. The van der Waals surface area contributed by atoms with Crippen molar-refractivity contribution in [2.24, 2.45) is 5.73 Å². The molecule has 0 radical (unpaired) electrons. The Balaban J connectivity index is 2.69. The van der Waals surface area contributed by atoms with Crippen molar-refractivity contribution in [3.05, 3.63) is 29.3 Å². The molecular weight excluding hydrogens is 234 g/mol. The molecule has 0 saturated carbocycles. The zero-order chi connectivity index (χ0) is 12.8. The lowest BCUT2D eigenvalue weighted by Crippen LogP contribution is -2.21. The standard InChI is InChI=1S/C12H19N3OS/c1-15(5-6-17-2)8-10-4-3-9(12(14)16)7-11(10)13/h3-4,7H,5-6,8,13H2,1-2H3,(H2,14,16). The van der Waals surface area contributed by atoms with Gasteiger partial charge in [0, 0.05) is 30.1 Å². The number of nitrogens with zero attached hydrogens (tertiary/aromatic N) is 1. The smallest absolute Gasteiger partial charge is 0.248 e. The van der Waals surface area contributed by atoms with Crippen LogP contribution in [0.2, 0.25) is 0 Å². The average molecular weight is 253 g/mol. The van der Waals surface area contributed by atoms with Crippen molar-refractivity contribution in [2.45, 2.75) is 6.54 Å². The quantitative estimate of drug-likeness (QED) is 0.746. The highest BCUT2D eigenvalue weighted by Gasteiger charge is 2.06. The summed E-state index contributed by atoms with van der Waals surface area (Å²) < 4.78 is 0. The van der Waals surface area contributed by atoms with Gasteiger partial charge in [-0.2, -0.15) is 11.8 Å². The molecule has 17 heavy (non-hydrogen) atoms. The van der Waals surface area contributed by atoms with E-state index in [9.17, 15) is 4.79 Å². The minimum atomic E-state index is -0.445. The molecule has 1 amide bonds. The fourth-order valence-electron chi connectivity index (χ4n) is 1.51. The van der Waals surface area contributed by atoms with Crippen LogP contribution in [0.4, 0.5) is 5.69 Å². The van der Waals surface area contributed by atoms with Crippen molar-refractivity contribution in [2.75, 3.05) is 31.3 Å². The van der Waals surface area contributed by atoms with E-state index in [2.05, 4.69) is 18.2 Å². The van der Waals surface area contributed by atoms with Crippen LogP contribution in [-0.2, 0) is 6.54 Å². The normalized spacial score (nSPS) is 10.8. The number of benzene rings is 1. The molecule has 0 heterocycles. The number of hydrogen-bond donors (Lipinski definition) is 2. The Morgan fingerprint density at radius 2 is 2.18 bits per heavy atom. The summed E-state index contributed by atoms with van der Waals surface area (Å²) in [7, 11) is 2.05. The molecule has 0 bridgehead atoms. The lowest BCUT2D eigenvalue weighted by atomic mass is 10.1. The Morgan fingerprint density at radius 3 is 2.71 bits per heavy atom. The van der Waals surface area contributed by atoms with Gasteiger partial charge in [0.25, 0.3) is 0 Å². The molecule has 0 fully saturated rings. The Labute approximate surface area is 106 Å². The topological polar surface area (TPSA) is 72.3 Å². The summed E-state index contributed by atoms with van der Waals surface area (Å²) >= 11 is 1.82. The number of carbonyl (C=O) groups excluding carboxylic acids is 1. The second kappa shape index (κ2) is 6.51. The van der Waals surface area contributed by atoms with Gasteiger partial charge in [0.15, 0.2) is 0 Å². The van der Waals surface area contributed by atoms with Crippen LogP contribution < -0.4 is 11.5 Å². The lowest BCUT2D eigenvalue weighted by molar-refractivity contribution is 0.100. The monoisotopic (exact) mass is 253 g/mol. The SMILES string of the molecule is CSCCN(C)Cc1ccc(C(N)=O)cc1N. The fraction of sp³-hybridized carbons (Fsp3) is 0.417. The number of thioether (sulfide) groups is 1. The molecule has 1 rings (SSSR count). The van der Waals surface area contributed by atoms with Crippen LogP contribution in [0.5, 0.6) is 0 Å². The maximum absolute atomic E-state index is 11.0. The first-order valence-corrected chi connectivity index (χ1v) is 6.79. The van der Waals surface area contributed by atoms with E-state index in [1.54, 1.807) is 12.1 Å². The van der Waals surface area contributed by atoms with Gasteiger partial charge in [0.05, 0.1) is 0 Å². The summed E-state index contributed by atoms with van der Waals surface area (Å²) in [6.45, 7) is 1.80. The molecule has 5 heteroatoms. The summed E-state index contributed by atoms with van der Waals surface area (Å²) in [5.74, 6) is 0.648. The van der Waals surface area contributed by atoms with Gasteiger partial charge in [0.1, 0.15) is 0 Å². The van der Waals surface area contributed by atoms with E-state index < -0.39 is 5.91 Å². The summed E-state index contributed by atoms with van der Waals surface area (Å²) in [5.41, 5.74) is 13.2. The minimum Gasteiger partial charge on any atom is -0.398 e. The number of anilines is 1. The summed E-state index contributed by atoms with van der Waals surface area (Å²) in [6.07, 6.45) is 2.09. The van der Waals surface area contributed by atoms with Gasteiger partial charge < -0.3 is 16.4 Å². The maximum Gasteiger partial charge on any atom is 0.248 e. The molecule has 0 unspecified atom stereocenters. The van der Waals surface area contributed by atoms with Gasteiger partial charge >= 0.3 is 0 Å². The van der Waals surface area contributed by atoms with E-state index in [1.165, 1.54) is 0 Å². The molecule has 4 nitrogen and oxygen atoms in total. The van der Waals surface area contributed by atoms with Crippen LogP contribution in [0, 0.1) is 0 Å². The highest BCUT2D eigenvalue weighted by atomic mass is 32.2. The van der Waals surface area contributed by atoms with Crippen molar-refractivity contribution in [3.8, 4) is 0 Å². The zero-order valence-electron chi connectivity index (χ0n) is 10.3. The van der Waals surface area contributed by atoms with Crippen molar-refractivity contribution in [1.29, 1.82) is 0 Å². The highest BCUT2D eigenvalue weighted by Crippen LogP contribution is 2.16. The molecule has 1 aromatic carbocycles. The largest absolute Gasteiger partial charge is 0.398 e. The molecule has 0 saturated heterocycles. The summed E-state index contributed by atoms with van der Waals surface area (Å²) in [4.78, 5) is 13.2. The number of nitrogen functional groups attached to an aromatic ring is 1. The predicted molar refractivity (Wildman–Crippen MR) is 74.1 cm³/mol. The molecule has 1 aromatic rings. The third-order valence-electron chi connectivity index (χ3n) is 2.55. The van der Waals surface area contributed by atoms with Crippen molar-refractivity contribution < 1.29 is 4.79 Å². The molecule has 0 spiro atoms. The fourth-order valence-corrected chi connectivity index (χ4v) is 2.00. The Morgan fingerprint density at radius 1 is 1.47 bits per heavy atom. The number of rotatable bonds is 6. The molecule has 0 aromatic heterocycles. The first kappa shape index (κ1) is 13.9. The van der Waals surface area contributed by atoms with Crippen LogP contribution in [-0.4, -0.2) is 36.4 Å². The van der Waals surface area contributed by atoms with Gasteiger partial charge in [-0.25, -0.2) is 0 Å². The van der Waals surface area contributed by atoms with E-state index >= 15 is 0 Å². The van der Waals surface area contributed by atoms with Crippen molar-refractivity contribution in [3.63, 3.8) is 0 Å². The van der Waals surface area contributed by atoms with Crippen molar-refractivity contribution in [1.82, 2.24) is 4.90 Å². The molecule has 0 aliphatic rings. The summed E-state index contributed by atoms with van der Waals surface area (Å²) in [5, 5.41) is 0. The second-order valence-corrected chi connectivity index (χ2v) is 4.99. The van der Waals surface area contributed by atoms with Crippen LogP contribution >= 0.6 is 11.8 Å². The first-order valence-electron chi connectivity index (χ1n) is 5.40. The number of hydrogen-bond acceptors (Lipinski definition) is 4.